The number of phenolic OH excluding ortho intramolecular Hbond substituents is 1. The summed E-state index contributed by atoms with van der Waals surface area (Å²) in [6, 6.07) is 13.0. The Morgan fingerprint density at radius 2 is 1.91 bits per heavy atom. The van der Waals surface area contributed by atoms with Crippen LogP contribution in [0.5, 0.6) is 11.5 Å². The number of nitrogens with zero attached hydrogens (tertiary/aromatic N) is 4. The number of rotatable bonds is 9. The van der Waals surface area contributed by atoms with Crippen molar-refractivity contribution in [1.29, 1.82) is 0 Å². The largest absolute Gasteiger partial charge is 0.504 e. The first-order valence-electron chi connectivity index (χ1n) is 12.3. The molecule has 1 N–H and O–H groups in total. The van der Waals surface area contributed by atoms with Gasteiger partial charge in [-0.15, -0.1) is 0 Å². The van der Waals surface area contributed by atoms with Crippen LogP contribution in [0.4, 0.5) is 4.39 Å². The fourth-order valence-electron chi connectivity index (χ4n) is 5.34. The molecule has 0 spiro atoms. The molecule has 2 heterocycles. The van der Waals surface area contributed by atoms with E-state index in [1.165, 1.54) is 5.56 Å². The molecule has 4 rings (SSSR count). The second kappa shape index (κ2) is 11.2. The maximum Gasteiger partial charge on any atom is 0.160 e. The fraction of sp³-hybridized carbons (Fsp3) is 0.464. The third-order valence-electron chi connectivity index (χ3n) is 7.31. The van der Waals surface area contributed by atoms with Crippen LogP contribution in [0.15, 0.2) is 48.7 Å². The van der Waals surface area contributed by atoms with E-state index in [1.54, 1.807) is 25.3 Å². The van der Waals surface area contributed by atoms with Gasteiger partial charge in [-0.05, 0) is 81.6 Å². The van der Waals surface area contributed by atoms with E-state index in [-0.39, 0.29) is 17.6 Å². The number of aryl methyl sites for hydroxylation is 2. The molecule has 2 aromatic carbocycles. The number of hydrogen-bond donors (Lipinski definition) is 1. The van der Waals surface area contributed by atoms with Gasteiger partial charge >= 0.3 is 0 Å². The summed E-state index contributed by atoms with van der Waals surface area (Å²) >= 11 is 0. The molecule has 35 heavy (non-hydrogen) atoms. The van der Waals surface area contributed by atoms with Gasteiger partial charge < -0.3 is 9.84 Å². The average Bonchev–Trinajstić information content (AvgIpc) is 3.16. The van der Waals surface area contributed by atoms with Gasteiger partial charge in [0.1, 0.15) is 5.82 Å². The number of halogens is 1. The number of phenols is 1. The number of ether oxygens (including phenoxy) is 1. The highest BCUT2D eigenvalue weighted by atomic mass is 19.1. The lowest BCUT2D eigenvalue weighted by Crippen LogP contribution is -2.45. The minimum atomic E-state index is -0.123. The lowest BCUT2D eigenvalue weighted by atomic mass is 9.84. The van der Waals surface area contributed by atoms with E-state index in [0.29, 0.717) is 18.1 Å². The Bertz CT molecular complexity index is 1120. The van der Waals surface area contributed by atoms with E-state index < -0.39 is 0 Å². The molecule has 188 valence electrons. The highest BCUT2D eigenvalue weighted by molar-refractivity contribution is 5.41. The summed E-state index contributed by atoms with van der Waals surface area (Å²) < 4.78 is 21.7. The van der Waals surface area contributed by atoms with Crippen molar-refractivity contribution in [2.45, 2.75) is 45.3 Å². The van der Waals surface area contributed by atoms with Gasteiger partial charge in [0.2, 0.25) is 0 Å². The van der Waals surface area contributed by atoms with Gasteiger partial charge in [-0.1, -0.05) is 24.3 Å². The summed E-state index contributed by atoms with van der Waals surface area (Å²) in [5.41, 5.74) is 4.17. The molecule has 3 aromatic rings. The van der Waals surface area contributed by atoms with E-state index in [0.717, 1.165) is 55.8 Å². The van der Waals surface area contributed by atoms with E-state index in [9.17, 15) is 9.50 Å². The van der Waals surface area contributed by atoms with Crippen LogP contribution < -0.4 is 4.74 Å². The predicted octanol–water partition coefficient (Wildman–Crippen LogP) is 4.54. The van der Waals surface area contributed by atoms with Crippen molar-refractivity contribution in [3.8, 4) is 11.5 Å². The summed E-state index contributed by atoms with van der Waals surface area (Å²) in [6.45, 7) is 5.65. The summed E-state index contributed by atoms with van der Waals surface area (Å²) in [7, 11) is 5.68. The SMILES string of the molecule is COc1cc(CN2CCC([C@@H](Cc3ccccc3F)N(C)Cc3cn(C)nc3C)CC2)ccc1O. The molecule has 0 amide bonds. The van der Waals surface area contributed by atoms with Crippen LogP contribution in [0.1, 0.15) is 35.2 Å². The zero-order valence-corrected chi connectivity index (χ0v) is 21.2. The molecule has 1 saturated heterocycles. The molecular formula is C28H37FN4O2. The number of aromatic nitrogens is 2. The monoisotopic (exact) mass is 480 g/mol. The smallest absolute Gasteiger partial charge is 0.160 e. The van der Waals surface area contributed by atoms with Crippen LogP contribution in [-0.2, 0) is 26.6 Å². The van der Waals surface area contributed by atoms with Gasteiger partial charge in [0, 0.05) is 37.9 Å². The number of piperidine rings is 1. The molecular weight excluding hydrogens is 443 g/mol. The number of aromatic hydroxyl groups is 1. The lowest BCUT2D eigenvalue weighted by molar-refractivity contribution is 0.0948. The number of likely N-dealkylation sites (N-methyl/N-ethyl adjacent to an activating group) is 1. The number of benzene rings is 2. The van der Waals surface area contributed by atoms with Crippen LogP contribution in [0.2, 0.25) is 0 Å². The molecule has 1 aromatic heterocycles. The Morgan fingerprint density at radius 3 is 2.57 bits per heavy atom. The maximum atomic E-state index is 14.6. The topological polar surface area (TPSA) is 53.8 Å². The molecule has 0 unspecified atom stereocenters. The second-order valence-corrected chi connectivity index (χ2v) is 9.81. The van der Waals surface area contributed by atoms with Crippen molar-refractivity contribution in [3.63, 3.8) is 0 Å². The fourth-order valence-corrected chi connectivity index (χ4v) is 5.34. The Hall–Kier alpha value is -2.90. The third kappa shape index (κ3) is 6.21. The molecule has 1 atom stereocenters. The Labute approximate surface area is 207 Å². The van der Waals surface area contributed by atoms with Crippen LogP contribution in [0, 0.1) is 18.7 Å². The van der Waals surface area contributed by atoms with Crippen LogP contribution >= 0.6 is 0 Å². The molecule has 0 bridgehead atoms. The Balaban J connectivity index is 1.45. The standard InChI is InChI=1S/C28H37FN4O2/c1-20-24(19-32(3)30-20)18-31(2)26(16-23-7-5-6-8-25(23)29)22-11-13-33(14-12-22)17-21-9-10-27(34)28(15-21)35-4/h5-10,15,19,22,26,34H,11-14,16-18H2,1-4H3/t26-/m1/s1. The summed E-state index contributed by atoms with van der Waals surface area (Å²) in [5.74, 6) is 1.02. The van der Waals surface area contributed by atoms with E-state index >= 15 is 0 Å². The van der Waals surface area contributed by atoms with Crippen molar-refractivity contribution in [1.82, 2.24) is 19.6 Å². The van der Waals surface area contributed by atoms with Crippen LogP contribution in [-0.4, -0.2) is 58.0 Å². The van der Waals surface area contributed by atoms with Crippen molar-refractivity contribution in [2.24, 2.45) is 13.0 Å². The normalized spacial score (nSPS) is 16.1. The molecule has 6 nitrogen and oxygen atoms in total. The highest BCUT2D eigenvalue weighted by Gasteiger charge is 2.30. The van der Waals surface area contributed by atoms with Crippen molar-refractivity contribution >= 4 is 0 Å². The van der Waals surface area contributed by atoms with E-state index in [2.05, 4.69) is 28.1 Å². The molecule has 1 fully saturated rings. The maximum absolute atomic E-state index is 14.6. The molecule has 1 aliphatic rings. The van der Waals surface area contributed by atoms with Crippen LogP contribution in [0.3, 0.4) is 0 Å². The molecule has 0 aliphatic carbocycles. The molecule has 1 aliphatic heterocycles. The first-order valence-corrected chi connectivity index (χ1v) is 12.3. The van der Waals surface area contributed by atoms with Crippen molar-refractivity contribution in [3.05, 3.63) is 76.9 Å². The molecule has 7 heteroatoms. The van der Waals surface area contributed by atoms with E-state index in [1.807, 2.05) is 42.9 Å². The molecule has 0 radical (unpaired) electrons. The van der Waals surface area contributed by atoms with Gasteiger partial charge in [0.25, 0.3) is 0 Å². The minimum absolute atomic E-state index is 0.123. The first-order chi connectivity index (χ1) is 16.8. The Morgan fingerprint density at radius 1 is 1.17 bits per heavy atom. The van der Waals surface area contributed by atoms with Crippen molar-refractivity contribution < 1.29 is 14.2 Å². The van der Waals surface area contributed by atoms with Gasteiger partial charge in [0.15, 0.2) is 11.5 Å². The van der Waals surface area contributed by atoms with Crippen LogP contribution in [0.25, 0.3) is 0 Å². The predicted molar refractivity (Wildman–Crippen MR) is 136 cm³/mol. The number of hydrogen-bond acceptors (Lipinski definition) is 5. The van der Waals surface area contributed by atoms with Gasteiger partial charge in [-0.2, -0.15) is 5.10 Å². The number of likely N-dealkylation sites (tertiary alicyclic amines) is 1. The summed E-state index contributed by atoms with van der Waals surface area (Å²) in [6.07, 6.45) is 4.90. The number of methoxy groups -OCH3 is 1. The Kier molecular flexibility index (Phi) is 8.08. The van der Waals surface area contributed by atoms with Gasteiger partial charge in [-0.3, -0.25) is 14.5 Å². The van der Waals surface area contributed by atoms with E-state index in [4.69, 9.17) is 4.74 Å². The zero-order valence-electron chi connectivity index (χ0n) is 21.2. The summed E-state index contributed by atoms with van der Waals surface area (Å²) in [4.78, 5) is 4.84. The van der Waals surface area contributed by atoms with Gasteiger partial charge in [-0.25, -0.2) is 4.39 Å². The third-order valence-corrected chi connectivity index (χ3v) is 7.31. The minimum Gasteiger partial charge on any atom is -0.504 e. The molecule has 0 saturated carbocycles. The summed E-state index contributed by atoms with van der Waals surface area (Å²) in [5, 5.41) is 14.4. The quantitative estimate of drug-likeness (QED) is 0.488. The zero-order chi connectivity index (χ0) is 24.9. The van der Waals surface area contributed by atoms with Gasteiger partial charge in [0.05, 0.1) is 12.8 Å². The second-order valence-electron chi connectivity index (χ2n) is 9.81. The average molecular weight is 481 g/mol. The van der Waals surface area contributed by atoms with Crippen molar-refractivity contribution in [2.75, 3.05) is 27.2 Å². The first kappa shape index (κ1) is 25.2. The lowest BCUT2D eigenvalue weighted by Gasteiger charge is -2.40. The highest BCUT2D eigenvalue weighted by Crippen LogP contribution is 2.30.